The van der Waals surface area contributed by atoms with Crippen LogP contribution in [0, 0.1) is 5.92 Å². The van der Waals surface area contributed by atoms with Gasteiger partial charge in [-0.05, 0) is 60.9 Å². The van der Waals surface area contributed by atoms with Crippen LogP contribution < -0.4 is 5.32 Å². The smallest absolute Gasteiger partial charge is 0.135 e. The third-order valence-corrected chi connectivity index (χ3v) is 6.40. The van der Waals surface area contributed by atoms with Crippen LogP contribution in [0.2, 0.25) is 0 Å². The highest BCUT2D eigenvalue weighted by Gasteiger charge is 2.40. The first-order chi connectivity index (χ1) is 14.8. The summed E-state index contributed by atoms with van der Waals surface area (Å²) in [5, 5.41) is 14.8. The van der Waals surface area contributed by atoms with Crippen LogP contribution >= 0.6 is 0 Å². The fraction of sp³-hybridized carbons (Fsp3) is 0.231. The Morgan fingerprint density at radius 3 is 2.77 bits per heavy atom. The van der Waals surface area contributed by atoms with E-state index in [0.717, 1.165) is 53.0 Å². The van der Waals surface area contributed by atoms with Crippen molar-refractivity contribution < 1.29 is 14.3 Å². The van der Waals surface area contributed by atoms with E-state index in [4.69, 9.17) is 9.15 Å². The summed E-state index contributed by atoms with van der Waals surface area (Å²) in [5.74, 6) is 1.49. The second-order valence-corrected chi connectivity index (χ2v) is 8.26. The molecular formula is C26H23NO3. The molecule has 0 radical (unpaired) electrons. The lowest BCUT2D eigenvalue weighted by molar-refractivity contribution is -0.0381. The van der Waals surface area contributed by atoms with Gasteiger partial charge in [-0.25, -0.2) is 0 Å². The largest absolute Gasteiger partial charge is 0.508 e. The van der Waals surface area contributed by atoms with Gasteiger partial charge in [0.05, 0.1) is 12.1 Å². The molecule has 1 saturated heterocycles. The van der Waals surface area contributed by atoms with Crippen LogP contribution in [-0.2, 0) is 4.74 Å². The Morgan fingerprint density at radius 2 is 1.87 bits per heavy atom. The highest BCUT2D eigenvalue weighted by atomic mass is 16.5. The van der Waals surface area contributed by atoms with E-state index in [1.807, 2.05) is 30.3 Å². The van der Waals surface area contributed by atoms with E-state index in [1.54, 1.807) is 6.07 Å². The molecule has 1 fully saturated rings. The maximum absolute atomic E-state index is 9.99. The van der Waals surface area contributed by atoms with Gasteiger partial charge in [0, 0.05) is 34.7 Å². The molecule has 0 spiro atoms. The number of furan rings is 1. The summed E-state index contributed by atoms with van der Waals surface area (Å²) in [4.78, 5) is 0. The quantitative estimate of drug-likeness (QED) is 0.409. The van der Waals surface area contributed by atoms with Crippen LogP contribution in [0.3, 0.4) is 0 Å². The normalized spacial score (nSPS) is 22.9. The molecule has 3 atom stereocenters. The molecule has 1 unspecified atom stereocenters. The molecule has 3 heterocycles. The molecule has 4 aromatic rings. The van der Waals surface area contributed by atoms with E-state index in [-0.39, 0.29) is 12.1 Å². The van der Waals surface area contributed by atoms with E-state index in [9.17, 15) is 5.11 Å². The summed E-state index contributed by atoms with van der Waals surface area (Å²) in [7, 11) is 0. The van der Waals surface area contributed by atoms with Crippen molar-refractivity contribution >= 4 is 16.7 Å². The van der Waals surface area contributed by atoms with Gasteiger partial charge < -0.3 is 19.6 Å². The second kappa shape index (κ2) is 6.92. The molecule has 2 N–H and O–H groups in total. The summed E-state index contributed by atoms with van der Waals surface area (Å²) < 4.78 is 12.4. The average molecular weight is 397 g/mol. The molecule has 0 bridgehead atoms. The lowest BCUT2D eigenvalue weighted by Crippen LogP contribution is -2.36. The topological polar surface area (TPSA) is 54.6 Å². The van der Waals surface area contributed by atoms with Crippen LogP contribution in [0.1, 0.15) is 36.1 Å². The maximum Gasteiger partial charge on any atom is 0.135 e. The van der Waals surface area contributed by atoms with Crippen molar-refractivity contribution in [3.63, 3.8) is 0 Å². The zero-order chi connectivity index (χ0) is 20.1. The van der Waals surface area contributed by atoms with E-state index in [0.29, 0.717) is 11.7 Å². The number of nitrogens with one attached hydrogen (secondary N) is 1. The lowest BCUT2D eigenvalue weighted by atomic mass is 9.77. The van der Waals surface area contributed by atoms with Crippen LogP contribution in [0.25, 0.3) is 22.3 Å². The van der Waals surface area contributed by atoms with E-state index < -0.39 is 0 Å². The van der Waals surface area contributed by atoms with Gasteiger partial charge in [-0.2, -0.15) is 0 Å². The first-order valence-corrected chi connectivity index (χ1v) is 10.6. The number of aromatic hydroxyl groups is 1. The minimum Gasteiger partial charge on any atom is -0.508 e. The number of phenolic OH excluding ortho intramolecular Hbond substituents is 1. The predicted molar refractivity (Wildman–Crippen MR) is 118 cm³/mol. The molecule has 0 amide bonds. The van der Waals surface area contributed by atoms with Crippen molar-refractivity contribution in [2.75, 3.05) is 11.9 Å². The number of phenols is 1. The van der Waals surface area contributed by atoms with Gasteiger partial charge in [0.15, 0.2) is 0 Å². The zero-order valence-electron chi connectivity index (χ0n) is 16.5. The third kappa shape index (κ3) is 2.87. The van der Waals surface area contributed by atoms with E-state index in [1.165, 1.54) is 5.56 Å². The molecule has 30 heavy (non-hydrogen) atoms. The predicted octanol–water partition coefficient (Wildman–Crippen LogP) is 6.44. The average Bonchev–Trinajstić information content (AvgIpc) is 3.22. The van der Waals surface area contributed by atoms with Crippen molar-refractivity contribution in [2.24, 2.45) is 5.92 Å². The molecular weight excluding hydrogens is 374 g/mol. The summed E-state index contributed by atoms with van der Waals surface area (Å²) in [5.41, 5.74) is 5.34. The molecule has 0 saturated carbocycles. The van der Waals surface area contributed by atoms with Crippen molar-refractivity contribution in [1.29, 1.82) is 0 Å². The van der Waals surface area contributed by atoms with E-state index >= 15 is 0 Å². The monoisotopic (exact) mass is 397 g/mol. The van der Waals surface area contributed by atoms with Crippen LogP contribution in [0.15, 0.2) is 77.2 Å². The molecule has 150 valence electrons. The minimum absolute atomic E-state index is 0.0340. The molecule has 6 rings (SSSR count). The fourth-order valence-electron chi connectivity index (χ4n) is 5.00. The summed E-state index contributed by atoms with van der Waals surface area (Å²) >= 11 is 0. The minimum atomic E-state index is 0.0340. The number of ether oxygens (including phenoxy) is 1. The summed E-state index contributed by atoms with van der Waals surface area (Å²) in [6.07, 6.45) is 2.18. The fourth-order valence-corrected chi connectivity index (χ4v) is 5.00. The van der Waals surface area contributed by atoms with Gasteiger partial charge in [0.25, 0.3) is 0 Å². The Hall–Kier alpha value is -3.24. The first-order valence-electron chi connectivity index (χ1n) is 10.6. The van der Waals surface area contributed by atoms with Gasteiger partial charge in [-0.3, -0.25) is 0 Å². The van der Waals surface area contributed by atoms with Crippen molar-refractivity contribution in [2.45, 2.75) is 25.0 Å². The Morgan fingerprint density at radius 1 is 0.933 bits per heavy atom. The molecule has 1 aromatic heterocycles. The van der Waals surface area contributed by atoms with Gasteiger partial charge in [-0.15, -0.1) is 0 Å². The van der Waals surface area contributed by atoms with Gasteiger partial charge >= 0.3 is 0 Å². The number of hydrogen-bond acceptors (Lipinski definition) is 4. The summed E-state index contributed by atoms with van der Waals surface area (Å²) in [6, 6.07) is 24.3. The van der Waals surface area contributed by atoms with Gasteiger partial charge in [0.2, 0.25) is 0 Å². The van der Waals surface area contributed by atoms with Crippen molar-refractivity contribution in [3.05, 3.63) is 83.9 Å². The lowest BCUT2D eigenvalue weighted by Gasteiger charge is -2.43. The number of para-hydroxylation sites is 1. The van der Waals surface area contributed by atoms with Crippen LogP contribution in [-0.4, -0.2) is 11.7 Å². The molecule has 2 aliphatic heterocycles. The number of hydrogen-bond donors (Lipinski definition) is 2. The van der Waals surface area contributed by atoms with Crippen molar-refractivity contribution in [1.82, 2.24) is 0 Å². The number of fused-ring (bicyclic) bond motifs is 4. The third-order valence-electron chi connectivity index (χ3n) is 6.40. The standard InChI is InChI=1S/C26H23NO3/c28-19-7-3-6-18(13-19)25-20-8-4-12-29-26(20)21-14-17(10-11-22(21)27-25)24-15-16-5-1-2-9-23(16)30-24/h1-3,5-7,9-11,13-15,20,25-28H,4,8,12H2/t20-,25-,26?/m0/s1. The first kappa shape index (κ1) is 17.6. The number of anilines is 1. The Kier molecular flexibility index (Phi) is 4.06. The molecule has 4 heteroatoms. The SMILES string of the molecule is Oc1cccc([C@@H]2Nc3ccc(-c4cc5ccccc5o4)cc3C3OCCC[C@H]32)c1. The molecule has 3 aromatic carbocycles. The maximum atomic E-state index is 9.99. The van der Waals surface area contributed by atoms with Crippen molar-refractivity contribution in [3.8, 4) is 17.1 Å². The van der Waals surface area contributed by atoms with Gasteiger partial charge in [0.1, 0.15) is 17.1 Å². The summed E-state index contributed by atoms with van der Waals surface area (Å²) in [6.45, 7) is 0.780. The Balaban J connectivity index is 1.42. The highest BCUT2D eigenvalue weighted by Crippen LogP contribution is 2.50. The van der Waals surface area contributed by atoms with E-state index in [2.05, 4.69) is 41.7 Å². The molecule has 0 aliphatic carbocycles. The Bertz CT molecular complexity index is 1190. The van der Waals surface area contributed by atoms with Crippen LogP contribution in [0.4, 0.5) is 5.69 Å². The Labute approximate surface area is 175 Å². The second-order valence-electron chi connectivity index (χ2n) is 8.26. The molecule has 4 nitrogen and oxygen atoms in total. The highest BCUT2D eigenvalue weighted by molar-refractivity contribution is 5.83. The molecule has 2 aliphatic rings. The zero-order valence-corrected chi connectivity index (χ0v) is 16.5. The number of rotatable bonds is 2. The number of benzene rings is 3. The van der Waals surface area contributed by atoms with Gasteiger partial charge in [-0.1, -0.05) is 30.3 Å². The van der Waals surface area contributed by atoms with Crippen LogP contribution in [0.5, 0.6) is 5.75 Å².